The largest absolute Gasteiger partial charge is 0.390 e. The Morgan fingerprint density at radius 3 is 2.71 bits per heavy atom. The van der Waals surface area contributed by atoms with Crippen molar-refractivity contribution in [2.75, 3.05) is 12.3 Å². The van der Waals surface area contributed by atoms with Gasteiger partial charge >= 0.3 is 0 Å². The number of aliphatic hydroxyl groups is 2. The minimum atomic E-state index is -0.842. The first-order valence-corrected chi connectivity index (χ1v) is 13.8. The van der Waals surface area contributed by atoms with Crippen molar-refractivity contribution in [1.29, 1.82) is 0 Å². The minimum Gasteiger partial charge on any atom is -0.390 e. The lowest BCUT2D eigenvalue weighted by atomic mass is 9.77. The summed E-state index contributed by atoms with van der Waals surface area (Å²) in [6.45, 7) is 7.38. The third-order valence-electron chi connectivity index (χ3n) is 8.76. The summed E-state index contributed by atoms with van der Waals surface area (Å²) in [6.07, 6.45) is 6.76. The van der Waals surface area contributed by atoms with Crippen LogP contribution in [0.5, 0.6) is 0 Å². The molecule has 1 aromatic carbocycles. The fraction of sp³-hybridized carbons (Fsp3) is 0.552. The number of aromatic amines is 1. The molecular weight excluding hydrogens is 478 g/mol. The number of hydrogen-bond donors (Lipinski definition) is 5. The Morgan fingerprint density at radius 1 is 1.11 bits per heavy atom. The zero-order chi connectivity index (χ0) is 26.6. The molecule has 202 valence electrons. The highest BCUT2D eigenvalue weighted by molar-refractivity contribution is 5.86. The molecule has 38 heavy (non-hydrogen) atoms. The van der Waals surface area contributed by atoms with Crippen molar-refractivity contribution in [2.45, 2.75) is 82.6 Å². The van der Waals surface area contributed by atoms with Crippen LogP contribution in [-0.2, 0) is 11.8 Å². The first-order valence-electron chi connectivity index (χ1n) is 13.8. The number of aryl methyl sites for hydroxylation is 1. The summed E-state index contributed by atoms with van der Waals surface area (Å²) in [5, 5.41) is 26.0. The molecule has 0 radical (unpaired) electrons. The van der Waals surface area contributed by atoms with Crippen LogP contribution in [0.4, 0.5) is 5.82 Å². The summed E-state index contributed by atoms with van der Waals surface area (Å²) < 4.78 is 1.93. The Labute approximate surface area is 222 Å². The smallest absolute Gasteiger partial charge is 0.145 e. The molecule has 4 atom stereocenters. The number of fused-ring (bicyclic) bond motifs is 2. The van der Waals surface area contributed by atoms with Crippen molar-refractivity contribution in [2.24, 2.45) is 11.8 Å². The number of benzene rings is 1. The standard InChI is InChI=1S/C29H39N7O2/c1-29(2,3)18-5-6-21-22(13-18)35-24(34-21)7-4-16-10-19(11-16)31-14-17-12-23(26(38)25(17)37)36-9-8-20-27(30)32-15-33-28(20)36/h5-6,8-9,13,15-17,19,23,25-26,31,37-38H,4,7,10-12,14H2,1-3H3,(H,34,35)(H2,30,32,33)/t16-,17-,19+,23-,25-,26+/m1/s1. The van der Waals surface area contributed by atoms with E-state index in [0.29, 0.717) is 36.4 Å². The number of imidazole rings is 1. The second kappa shape index (κ2) is 9.63. The van der Waals surface area contributed by atoms with E-state index in [-0.39, 0.29) is 17.4 Å². The number of nitrogens with two attached hydrogens (primary N) is 1. The van der Waals surface area contributed by atoms with Crippen molar-refractivity contribution in [3.63, 3.8) is 0 Å². The van der Waals surface area contributed by atoms with E-state index >= 15 is 0 Å². The molecule has 4 aromatic rings. The molecule has 2 saturated carbocycles. The van der Waals surface area contributed by atoms with Gasteiger partial charge in [0.15, 0.2) is 0 Å². The van der Waals surface area contributed by atoms with Crippen molar-refractivity contribution < 1.29 is 10.2 Å². The van der Waals surface area contributed by atoms with Gasteiger partial charge in [-0.2, -0.15) is 0 Å². The Balaban J connectivity index is 0.984. The molecule has 6 N–H and O–H groups in total. The van der Waals surface area contributed by atoms with Crippen LogP contribution >= 0.6 is 0 Å². The average Bonchev–Trinajstić information content (AvgIpc) is 3.54. The second-order valence-electron chi connectivity index (χ2n) is 12.4. The summed E-state index contributed by atoms with van der Waals surface area (Å²) >= 11 is 0. The van der Waals surface area contributed by atoms with Gasteiger partial charge in [-0.1, -0.05) is 26.8 Å². The predicted octanol–water partition coefficient (Wildman–Crippen LogP) is 3.47. The number of hydrogen-bond acceptors (Lipinski definition) is 7. The van der Waals surface area contributed by atoms with Gasteiger partial charge in [-0.15, -0.1) is 0 Å². The molecule has 0 spiro atoms. The van der Waals surface area contributed by atoms with Gasteiger partial charge in [-0.3, -0.25) is 0 Å². The van der Waals surface area contributed by atoms with Crippen molar-refractivity contribution in [3.05, 3.63) is 48.2 Å². The van der Waals surface area contributed by atoms with E-state index in [1.165, 1.54) is 11.9 Å². The van der Waals surface area contributed by atoms with Crippen LogP contribution in [0.2, 0.25) is 0 Å². The predicted molar refractivity (Wildman–Crippen MR) is 149 cm³/mol. The zero-order valence-electron chi connectivity index (χ0n) is 22.4. The Hall–Kier alpha value is -3.01. The van der Waals surface area contributed by atoms with Gasteiger partial charge < -0.3 is 30.8 Å². The number of rotatable bonds is 7. The SMILES string of the molecule is CC(C)(C)c1ccc2[nH]c(CC[C@H]3C[C@@H](NC[C@H]4C[C@@H](n5ccc6c(N)ncnc65)[C@H](O)[C@@H]4O)C3)nc2c1. The van der Waals surface area contributed by atoms with Gasteiger partial charge in [0, 0.05) is 31.1 Å². The van der Waals surface area contributed by atoms with E-state index in [1.807, 2.05) is 16.8 Å². The molecule has 3 heterocycles. The summed E-state index contributed by atoms with van der Waals surface area (Å²) in [6, 6.07) is 8.66. The molecule has 2 fully saturated rings. The number of nitrogens with zero attached hydrogens (tertiary/aromatic N) is 4. The number of aromatic nitrogens is 5. The number of nitrogen functional groups attached to an aromatic ring is 1. The molecule has 2 aliphatic carbocycles. The lowest BCUT2D eigenvalue weighted by Gasteiger charge is -2.37. The summed E-state index contributed by atoms with van der Waals surface area (Å²) in [5.41, 5.74) is 10.3. The van der Waals surface area contributed by atoms with Gasteiger partial charge in [0.2, 0.25) is 0 Å². The van der Waals surface area contributed by atoms with Crippen molar-refractivity contribution in [1.82, 2.24) is 29.8 Å². The van der Waals surface area contributed by atoms with Crippen LogP contribution in [0.25, 0.3) is 22.1 Å². The first-order chi connectivity index (χ1) is 18.2. The molecule has 9 nitrogen and oxygen atoms in total. The lowest BCUT2D eigenvalue weighted by Crippen LogP contribution is -2.44. The van der Waals surface area contributed by atoms with Crippen LogP contribution in [-0.4, -0.2) is 59.5 Å². The number of H-pyrrole nitrogens is 1. The van der Waals surface area contributed by atoms with Gasteiger partial charge in [0.05, 0.1) is 28.6 Å². The number of anilines is 1. The van der Waals surface area contributed by atoms with Gasteiger partial charge in [-0.05, 0) is 60.8 Å². The lowest BCUT2D eigenvalue weighted by molar-refractivity contribution is 0.00565. The van der Waals surface area contributed by atoms with E-state index in [1.54, 1.807) is 0 Å². The van der Waals surface area contributed by atoms with Crippen molar-refractivity contribution in [3.8, 4) is 0 Å². The van der Waals surface area contributed by atoms with E-state index in [9.17, 15) is 10.2 Å². The van der Waals surface area contributed by atoms with Crippen LogP contribution in [0.3, 0.4) is 0 Å². The molecule has 3 aromatic heterocycles. The fourth-order valence-corrected chi connectivity index (χ4v) is 6.28. The van der Waals surface area contributed by atoms with E-state index in [4.69, 9.17) is 10.7 Å². The monoisotopic (exact) mass is 517 g/mol. The molecule has 0 saturated heterocycles. The normalized spacial score (nSPS) is 27.8. The maximum absolute atomic E-state index is 10.8. The molecular formula is C29H39N7O2. The Morgan fingerprint density at radius 2 is 1.92 bits per heavy atom. The van der Waals surface area contributed by atoms with Gasteiger partial charge in [0.25, 0.3) is 0 Å². The van der Waals surface area contributed by atoms with Crippen molar-refractivity contribution >= 4 is 27.9 Å². The first kappa shape index (κ1) is 25.3. The third kappa shape index (κ3) is 4.67. The molecule has 6 rings (SSSR count). The third-order valence-corrected chi connectivity index (χ3v) is 8.76. The molecule has 2 aliphatic rings. The summed E-state index contributed by atoms with van der Waals surface area (Å²) in [4.78, 5) is 16.7. The topological polar surface area (TPSA) is 138 Å². The molecule has 0 aliphatic heterocycles. The summed E-state index contributed by atoms with van der Waals surface area (Å²) in [7, 11) is 0. The van der Waals surface area contributed by atoms with Crippen LogP contribution in [0, 0.1) is 11.8 Å². The molecule has 0 amide bonds. The Kier molecular flexibility index (Phi) is 6.40. The van der Waals surface area contributed by atoms with Gasteiger partial charge in [0.1, 0.15) is 29.7 Å². The second-order valence-corrected chi connectivity index (χ2v) is 12.4. The quantitative estimate of drug-likeness (QED) is 0.253. The highest BCUT2D eigenvalue weighted by Gasteiger charge is 2.43. The van der Waals surface area contributed by atoms with Crippen LogP contribution < -0.4 is 11.1 Å². The maximum Gasteiger partial charge on any atom is 0.145 e. The van der Waals surface area contributed by atoms with Crippen LogP contribution in [0.15, 0.2) is 36.8 Å². The molecule has 9 heteroatoms. The van der Waals surface area contributed by atoms with E-state index in [0.717, 1.165) is 47.9 Å². The number of aliphatic hydroxyl groups excluding tert-OH is 2. The van der Waals surface area contributed by atoms with E-state index < -0.39 is 12.2 Å². The van der Waals surface area contributed by atoms with Gasteiger partial charge in [-0.25, -0.2) is 15.0 Å². The Bertz CT molecular complexity index is 1430. The minimum absolute atomic E-state index is 0.0146. The summed E-state index contributed by atoms with van der Waals surface area (Å²) in [5.74, 6) is 2.17. The highest BCUT2D eigenvalue weighted by atomic mass is 16.3. The van der Waals surface area contributed by atoms with E-state index in [2.05, 4.69) is 59.2 Å². The highest BCUT2D eigenvalue weighted by Crippen LogP contribution is 2.38. The van der Waals surface area contributed by atoms with Crippen LogP contribution in [0.1, 0.15) is 63.9 Å². The zero-order valence-corrected chi connectivity index (χ0v) is 22.4. The molecule has 0 bridgehead atoms. The molecule has 0 unspecified atom stereocenters. The fourth-order valence-electron chi connectivity index (χ4n) is 6.28. The number of nitrogens with one attached hydrogen (secondary N) is 2. The average molecular weight is 518 g/mol. The maximum atomic E-state index is 10.8.